The Morgan fingerprint density at radius 1 is 1.57 bits per heavy atom. The molecule has 1 rings (SSSR count). The maximum absolute atomic E-state index is 12.6. The van der Waals surface area contributed by atoms with Crippen LogP contribution in [0.1, 0.15) is 28.8 Å². The van der Waals surface area contributed by atoms with Gasteiger partial charge in [0.25, 0.3) is 6.43 Å². The monoisotopic (exact) mass is 221 g/mol. The van der Waals surface area contributed by atoms with Gasteiger partial charge in [0.05, 0.1) is 6.61 Å². The summed E-state index contributed by atoms with van der Waals surface area (Å²) in [6, 6.07) is 0. The molecule has 2 nitrogen and oxygen atoms in total. The zero-order valence-corrected chi connectivity index (χ0v) is 8.35. The Bertz CT molecular complexity index is 331. The van der Waals surface area contributed by atoms with Crippen LogP contribution >= 0.6 is 11.6 Å². The van der Waals surface area contributed by atoms with E-state index in [1.54, 1.807) is 6.92 Å². The van der Waals surface area contributed by atoms with E-state index in [9.17, 15) is 8.78 Å². The van der Waals surface area contributed by atoms with Crippen molar-refractivity contribution < 1.29 is 13.9 Å². The van der Waals surface area contributed by atoms with Crippen LogP contribution in [0.5, 0.6) is 0 Å². The van der Waals surface area contributed by atoms with Crippen molar-refractivity contribution in [1.29, 1.82) is 0 Å². The number of aromatic nitrogens is 1. The number of hydrogen-bond donors (Lipinski definition) is 1. The van der Waals surface area contributed by atoms with Crippen LogP contribution in [0.2, 0.25) is 0 Å². The summed E-state index contributed by atoms with van der Waals surface area (Å²) >= 11 is 5.56. The van der Waals surface area contributed by atoms with Gasteiger partial charge in [-0.1, -0.05) is 0 Å². The summed E-state index contributed by atoms with van der Waals surface area (Å²) in [5.41, 5.74) is 0.747. The molecule has 1 aromatic heterocycles. The second kappa shape index (κ2) is 4.66. The quantitative estimate of drug-likeness (QED) is 0.796. The molecule has 0 saturated heterocycles. The number of pyridine rings is 1. The summed E-state index contributed by atoms with van der Waals surface area (Å²) in [4.78, 5) is 3.89. The zero-order valence-electron chi connectivity index (χ0n) is 7.60. The lowest BCUT2D eigenvalue weighted by molar-refractivity contribution is 0.146. The zero-order chi connectivity index (χ0) is 10.7. The summed E-state index contributed by atoms with van der Waals surface area (Å²) in [6.07, 6.45) is -1.38. The van der Waals surface area contributed by atoms with Crippen LogP contribution in [-0.4, -0.2) is 10.1 Å². The van der Waals surface area contributed by atoms with E-state index >= 15 is 0 Å². The van der Waals surface area contributed by atoms with Crippen molar-refractivity contribution in [2.75, 3.05) is 0 Å². The largest absolute Gasteiger partial charge is 0.392 e. The van der Waals surface area contributed by atoms with Crippen molar-refractivity contribution in [3.8, 4) is 0 Å². The van der Waals surface area contributed by atoms with Crippen molar-refractivity contribution in [3.63, 3.8) is 0 Å². The molecule has 5 heteroatoms. The molecule has 0 aromatic carbocycles. The molecule has 0 fully saturated rings. The lowest BCUT2D eigenvalue weighted by Crippen LogP contribution is -2.04. The molecule has 0 spiro atoms. The van der Waals surface area contributed by atoms with Gasteiger partial charge in [0.2, 0.25) is 0 Å². The van der Waals surface area contributed by atoms with E-state index in [0.717, 1.165) is 0 Å². The second-order valence-corrected chi connectivity index (χ2v) is 3.12. The molecular formula is C9H10ClF2NO. The molecule has 0 saturated carbocycles. The predicted molar refractivity (Wildman–Crippen MR) is 49.4 cm³/mol. The third-order valence-electron chi connectivity index (χ3n) is 2.04. The van der Waals surface area contributed by atoms with E-state index in [2.05, 4.69) is 4.98 Å². The Balaban J connectivity index is 3.36. The van der Waals surface area contributed by atoms with Crippen LogP contribution < -0.4 is 0 Å². The molecule has 14 heavy (non-hydrogen) atoms. The topological polar surface area (TPSA) is 33.1 Å². The lowest BCUT2D eigenvalue weighted by Gasteiger charge is -2.12. The minimum Gasteiger partial charge on any atom is -0.392 e. The first-order valence-corrected chi connectivity index (χ1v) is 4.57. The van der Waals surface area contributed by atoms with Crippen molar-refractivity contribution >= 4 is 11.6 Å². The fraction of sp³-hybridized carbons (Fsp3) is 0.444. The summed E-state index contributed by atoms with van der Waals surface area (Å²) in [5, 5.41) is 8.86. The Morgan fingerprint density at radius 3 is 2.64 bits per heavy atom. The number of nitrogens with zero attached hydrogens (tertiary/aromatic N) is 1. The highest BCUT2D eigenvalue weighted by molar-refractivity contribution is 6.17. The first kappa shape index (κ1) is 11.3. The number of aryl methyl sites for hydroxylation is 1. The van der Waals surface area contributed by atoms with Crippen molar-refractivity contribution in [3.05, 3.63) is 28.6 Å². The van der Waals surface area contributed by atoms with Gasteiger partial charge in [0.15, 0.2) is 0 Å². The standard InChI is InChI=1S/C9H10ClF2NO/c1-5-7(2-10)8(9(11)12)6(4-14)3-13-5/h3,9,14H,2,4H2,1H3. The molecule has 0 atom stereocenters. The number of aliphatic hydroxyl groups excluding tert-OH is 1. The Hall–Kier alpha value is -0.740. The summed E-state index contributed by atoms with van der Waals surface area (Å²) in [5.74, 6) is -0.0215. The van der Waals surface area contributed by atoms with E-state index in [1.807, 2.05) is 0 Å². The van der Waals surface area contributed by atoms with Crippen LogP contribution in [-0.2, 0) is 12.5 Å². The first-order valence-electron chi connectivity index (χ1n) is 4.04. The number of aliphatic hydroxyl groups is 1. The minimum absolute atomic E-state index is 0.0215. The van der Waals surface area contributed by atoms with Crippen LogP contribution in [0.4, 0.5) is 8.78 Å². The van der Waals surface area contributed by atoms with Crippen LogP contribution in [0.15, 0.2) is 6.20 Å². The van der Waals surface area contributed by atoms with Crippen molar-refractivity contribution in [2.45, 2.75) is 25.8 Å². The molecular weight excluding hydrogens is 212 g/mol. The van der Waals surface area contributed by atoms with Crippen LogP contribution in [0, 0.1) is 6.92 Å². The van der Waals surface area contributed by atoms with Gasteiger partial charge in [-0.2, -0.15) is 0 Å². The smallest absolute Gasteiger partial charge is 0.264 e. The van der Waals surface area contributed by atoms with Gasteiger partial charge < -0.3 is 5.11 Å². The highest BCUT2D eigenvalue weighted by Gasteiger charge is 2.19. The molecule has 0 aliphatic carbocycles. The average Bonchev–Trinajstić information content (AvgIpc) is 2.17. The Labute approximate surface area is 85.5 Å². The minimum atomic E-state index is -2.63. The maximum Gasteiger partial charge on any atom is 0.264 e. The van der Waals surface area contributed by atoms with E-state index in [-0.39, 0.29) is 17.0 Å². The predicted octanol–water partition coefficient (Wildman–Crippen LogP) is 2.56. The van der Waals surface area contributed by atoms with E-state index in [0.29, 0.717) is 11.3 Å². The highest BCUT2D eigenvalue weighted by Crippen LogP contribution is 2.29. The number of halogens is 3. The van der Waals surface area contributed by atoms with Gasteiger partial charge in [-0.3, -0.25) is 4.98 Å². The molecule has 78 valence electrons. The number of rotatable bonds is 3. The van der Waals surface area contributed by atoms with Gasteiger partial charge in [-0.25, -0.2) is 8.78 Å². The van der Waals surface area contributed by atoms with Gasteiger partial charge in [0.1, 0.15) is 0 Å². The van der Waals surface area contributed by atoms with Gasteiger partial charge in [-0.05, 0) is 12.5 Å². The number of hydrogen-bond acceptors (Lipinski definition) is 2. The van der Waals surface area contributed by atoms with Crippen LogP contribution in [0.3, 0.4) is 0 Å². The fourth-order valence-electron chi connectivity index (χ4n) is 1.28. The van der Waals surface area contributed by atoms with E-state index < -0.39 is 13.0 Å². The molecule has 1 N–H and O–H groups in total. The molecule has 0 bridgehead atoms. The first-order chi connectivity index (χ1) is 6.61. The second-order valence-electron chi connectivity index (χ2n) is 2.85. The molecule has 0 aliphatic heterocycles. The molecule has 0 radical (unpaired) electrons. The van der Waals surface area contributed by atoms with Gasteiger partial charge in [-0.15, -0.1) is 11.6 Å². The van der Waals surface area contributed by atoms with E-state index in [4.69, 9.17) is 16.7 Å². The third kappa shape index (κ3) is 2.01. The van der Waals surface area contributed by atoms with Gasteiger partial charge >= 0.3 is 0 Å². The van der Waals surface area contributed by atoms with Gasteiger partial charge in [0, 0.05) is 28.9 Å². The normalized spacial score (nSPS) is 11.0. The molecule has 1 heterocycles. The summed E-state index contributed by atoms with van der Waals surface area (Å²) < 4.78 is 25.3. The molecule has 0 amide bonds. The Morgan fingerprint density at radius 2 is 2.21 bits per heavy atom. The maximum atomic E-state index is 12.6. The molecule has 1 aromatic rings. The number of alkyl halides is 3. The highest BCUT2D eigenvalue weighted by atomic mass is 35.5. The summed E-state index contributed by atoms with van der Waals surface area (Å²) in [6.45, 7) is 1.17. The summed E-state index contributed by atoms with van der Waals surface area (Å²) in [7, 11) is 0. The molecule has 0 aliphatic rings. The molecule has 0 unspecified atom stereocenters. The van der Waals surface area contributed by atoms with E-state index in [1.165, 1.54) is 6.20 Å². The SMILES string of the molecule is Cc1ncc(CO)c(C(F)F)c1CCl. The Kier molecular flexibility index (Phi) is 3.77. The fourth-order valence-corrected chi connectivity index (χ4v) is 1.61. The third-order valence-corrected chi connectivity index (χ3v) is 2.31. The van der Waals surface area contributed by atoms with Crippen LogP contribution in [0.25, 0.3) is 0 Å². The lowest BCUT2D eigenvalue weighted by atomic mass is 10.0. The average molecular weight is 222 g/mol. The van der Waals surface area contributed by atoms with Crippen molar-refractivity contribution in [1.82, 2.24) is 4.98 Å². The van der Waals surface area contributed by atoms with Crippen molar-refractivity contribution in [2.24, 2.45) is 0 Å².